The Morgan fingerprint density at radius 3 is 2.79 bits per heavy atom. The normalized spacial score (nSPS) is 12.5. The van der Waals surface area contributed by atoms with Gasteiger partial charge in [-0.1, -0.05) is 13.0 Å². The highest BCUT2D eigenvalue weighted by molar-refractivity contribution is 5.89. The minimum absolute atomic E-state index is 0.0562. The molecule has 0 unspecified atom stereocenters. The van der Waals surface area contributed by atoms with Gasteiger partial charge in [-0.2, -0.15) is 0 Å². The lowest BCUT2D eigenvalue weighted by molar-refractivity contribution is 0.0694. The summed E-state index contributed by atoms with van der Waals surface area (Å²) >= 11 is 0. The molecule has 0 saturated carbocycles. The van der Waals surface area contributed by atoms with Crippen molar-refractivity contribution >= 4 is 5.97 Å². The Bertz CT molecular complexity index is 352. The molecule has 0 aromatic heterocycles. The molecule has 76 valence electrons. The minimum Gasteiger partial charge on any atom is -0.478 e. The average Bonchev–Trinajstić information content (AvgIpc) is 2.16. The Labute approximate surface area is 81.4 Å². The highest BCUT2D eigenvalue weighted by Gasteiger charge is 2.15. The molecule has 1 rings (SSSR count). The fourth-order valence-corrected chi connectivity index (χ4v) is 1.26. The minimum atomic E-state index is -1.15. The van der Waals surface area contributed by atoms with Crippen LogP contribution < -0.4 is 5.73 Å². The molecule has 0 aliphatic carbocycles. The number of rotatable bonds is 3. The van der Waals surface area contributed by atoms with Gasteiger partial charge in [-0.25, -0.2) is 9.18 Å². The molecule has 0 radical (unpaired) electrons. The van der Waals surface area contributed by atoms with Gasteiger partial charge in [-0.05, 0) is 24.1 Å². The topological polar surface area (TPSA) is 63.3 Å². The number of hydrogen-bond acceptors (Lipinski definition) is 2. The molecule has 0 saturated heterocycles. The third kappa shape index (κ3) is 2.09. The van der Waals surface area contributed by atoms with Crippen molar-refractivity contribution in [3.05, 3.63) is 35.1 Å². The summed E-state index contributed by atoms with van der Waals surface area (Å²) < 4.78 is 12.8. The van der Waals surface area contributed by atoms with Gasteiger partial charge in [0, 0.05) is 6.04 Å². The maximum atomic E-state index is 12.8. The van der Waals surface area contributed by atoms with E-state index in [0.29, 0.717) is 12.0 Å². The van der Waals surface area contributed by atoms with Crippen molar-refractivity contribution in [3.63, 3.8) is 0 Å². The first-order chi connectivity index (χ1) is 6.56. The number of hydrogen-bond donors (Lipinski definition) is 2. The van der Waals surface area contributed by atoms with E-state index in [0.717, 1.165) is 6.07 Å². The largest absolute Gasteiger partial charge is 0.478 e. The second-order valence-electron chi connectivity index (χ2n) is 3.05. The third-order valence-electron chi connectivity index (χ3n) is 2.09. The summed E-state index contributed by atoms with van der Waals surface area (Å²) in [5.41, 5.74) is 6.11. The lowest BCUT2D eigenvalue weighted by Crippen LogP contribution is -2.14. The highest BCUT2D eigenvalue weighted by Crippen LogP contribution is 2.19. The Morgan fingerprint density at radius 1 is 1.64 bits per heavy atom. The van der Waals surface area contributed by atoms with Crippen molar-refractivity contribution in [1.82, 2.24) is 0 Å². The molecular weight excluding hydrogens is 185 g/mol. The summed E-state index contributed by atoms with van der Waals surface area (Å²) in [5.74, 6) is -1.71. The van der Waals surface area contributed by atoms with Gasteiger partial charge in [0.05, 0.1) is 5.56 Å². The predicted octanol–water partition coefficient (Wildman–Crippen LogP) is 1.93. The van der Waals surface area contributed by atoms with Gasteiger partial charge in [0.15, 0.2) is 0 Å². The van der Waals surface area contributed by atoms with Crippen LogP contribution in [0.1, 0.15) is 35.3 Å². The Kier molecular flexibility index (Phi) is 3.19. The molecule has 0 amide bonds. The quantitative estimate of drug-likeness (QED) is 0.778. The van der Waals surface area contributed by atoms with E-state index < -0.39 is 11.8 Å². The molecule has 14 heavy (non-hydrogen) atoms. The molecular formula is C10H12FNO2. The van der Waals surface area contributed by atoms with Crippen LogP contribution >= 0.6 is 0 Å². The van der Waals surface area contributed by atoms with Crippen LogP contribution in [0.5, 0.6) is 0 Å². The van der Waals surface area contributed by atoms with Crippen LogP contribution in [0.3, 0.4) is 0 Å². The Hall–Kier alpha value is -1.42. The third-order valence-corrected chi connectivity index (χ3v) is 2.09. The molecule has 0 fully saturated rings. The van der Waals surface area contributed by atoms with Crippen LogP contribution in [0.2, 0.25) is 0 Å². The van der Waals surface area contributed by atoms with E-state index in [4.69, 9.17) is 10.8 Å². The molecule has 1 atom stereocenters. The number of carboxylic acids is 1. The second kappa shape index (κ2) is 4.19. The van der Waals surface area contributed by atoms with Gasteiger partial charge in [0.1, 0.15) is 5.82 Å². The number of aromatic carboxylic acids is 1. The Balaban J connectivity index is 3.21. The Morgan fingerprint density at radius 2 is 2.29 bits per heavy atom. The van der Waals surface area contributed by atoms with Gasteiger partial charge in [0.25, 0.3) is 0 Å². The fraction of sp³-hybridized carbons (Fsp3) is 0.300. The van der Waals surface area contributed by atoms with Gasteiger partial charge in [-0.3, -0.25) is 0 Å². The van der Waals surface area contributed by atoms with Crippen LogP contribution in [-0.2, 0) is 0 Å². The second-order valence-corrected chi connectivity index (χ2v) is 3.05. The molecule has 0 heterocycles. The first kappa shape index (κ1) is 10.7. The van der Waals surface area contributed by atoms with Gasteiger partial charge >= 0.3 is 5.97 Å². The molecule has 0 bridgehead atoms. The summed E-state index contributed by atoms with van der Waals surface area (Å²) in [6, 6.07) is 3.28. The summed E-state index contributed by atoms with van der Waals surface area (Å²) in [4.78, 5) is 10.8. The van der Waals surface area contributed by atoms with Crippen molar-refractivity contribution in [2.24, 2.45) is 5.73 Å². The van der Waals surface area contributed by atoms with E-state index in [-0.39, 0.29) is 11.6 Å². The van der Waals surface area contributed by atoms with Crippen molar-refractivity contribution in [1.29, 1.82) is 0 Å². The van der Waals surface area contributed by atoms with E-state index in [1.54, 1.807) is 0 Å². The zero-order chi connectivity index (χ0) is 10.7. The maximum Gasteiger partial charge on any atom is 0.336 e. The summed E-state index contributed by atoms with van der Waals surface area (Å²) in [6.07, 6.45) is 0.617. The van der Waals surface area contributed by atoms with Crippen LogP contribution in [0.25, 0.3) is 0 Å². The molecule has 0 aliphatic rings. The van der Waals surface area contributed by atoms with E-state index >= 15 is 0 Å². The lowest BCUT2D eigenvalue weighted by Gasteiger charge is -2.12. The smallest absolute Gasteiger partial charge is 0.336 e. The van der Waals surface area contributed by atoms with E-state index in [1.165, 1.54) is 12.1 Å². The van der Waals surface area contributed by atoms with Crippen LogP contribution in [0, 0.1) is 5.82 Å². The number of benzene rings is 1. The maximum absolute atomic E-state index is 12.8. The first-order valence-electron chi connectivity index (χ1n) is 4.34. The van der Waals surface area contributed by atoms with Crippen LogP contribution in [0.4, 0.5) is 4.39 Å². The summed E-state index contributed by atoms with van der Waals surface area (Å²) in [7, 11) is 0. The standard InChI is InChI=1S/C10H12FNO2/c1-2-9(12)7-4-3-6(11)5-8(7)10(13)14/h3-5,9H,2,12H2,1H3,(H,13,14)/t9-/m0/s1. The van der Waals surface area contributed by atoms with Crippen LogP contribution in [0.15, 0.2) is 18.2 Å². The lowest BCUT2D eigenvalue weighted by atomic mass is 9.99. The number of halogens is 1. The zero-order valence-corrected chi connectivity index (χ0v) is 7.83. The molecule has 1 aromatic carbocycles. The van der Waals surface area contributed by atoms with Crippen molar-refractivity contribution in [2.45, 2.75) is 19.4 Å². The highest BCUT2D eigenvalue weighted by atomic mass is 19.1. The SMILES string of the molecule is CC[C@H](N)c1ccc(F)cc1C(=O)O. The van der Waals surface area contributed by atoms with Crippen LogP contribution in [-0.4, -0.2) is 11.1 Å². The summed E-state index contributed by atoms with van der Waals surface area (Å²) in [5, 5.41) is 8.81. The van der Waals surface area contributed by atoms with E-state index in [9.17, 15) is 9.18 Å². The van der Waals surface area contributed by atoms with Crippen molar-refractivity contribution in [3.8, 4) is 0 Å². The first-order valence-corrected chi connectivity index (χ1v) is 4.34. The molecule has 1 aromatic rings. The van der Waals surface area contributed by atoms with Gasteiger partial charge in [-0.15, -0.1) is 0 Å². The van der Waals surface area contributed by atoms with Gasteiger partial charge < -0.3 is 10.8 Å². The monoisotopic (exact) mass is 197 g/mol. The predicted molar refractivity (Wildman–Crippen MR) is 50.6 cm³/mol. The average molecular weight is 197 g/mol. The van der Waals surface area contributed by atoms with Crippen molar-refractivity contribution < 1.29 is 14.3 Å². The summed E-state index contributed by atoms with van der Waals surface area (Å²) in [6.45, 7) is 1.85. The molecule has 3 nitrogen and oxygen atoms in total. The van der Waals surface area contributed by atoms with Gasteiger partial charge in [0.2, 0.25) is 0 Å². The van der Waals surface area contributed by atoms with Crippen molar-refractivity contribution in [2.75, 3.05) is 0 Å². The molecule has 4 heteroatoms. The number of nitrogens with two attached hydrogens (primary N) is 1. The van der Waals surface area contributed by atoms with E-state index in [2.05, 4.69) is 0 Å². The fourth-order valence-electron chi connectivity index (χ4n) is 1.26. The molecule has 0 aliphatic heterocycles. The molecule has 3 N–H and O–H groups in total. The molecule has 0 spiro atoms. The number of carbonyl (C=O) groups is 1. The number of carboxylic acid groups (broad SMARTS) is 1. The zero-order valence-electron chi connectivity index (χ0n) is 7.83. The van der Waals surface area contributed by atoms with E-state index in [1.807, 2.05) is 6.92 Å².